The third kappa shape index (κ3) is 3.63. The Morgan fingerprint density at radius 1 is 1.43 bits per heavy atom. The van der Waals surface area contributed by atoms with Gasteiger partial charge in [-0.05, 0) is 25.0 Å². The summed E-state index contributed by atoms with van der Waals surface area (Å²) in [6, 6.07) is 5.54. The van der Waals surface area contributed by atoms with Crippen LogP contribution < -0.4 is 5.32 Å². The van der Waals surface area contributed by atoms with Gasteiger partial charge in [0.15, 0.2) is 6.61 Å². The van der Waals surface area contributed by atoms with Gasteiger partial charge < -0.3 is 14.6 Å². The topological polar surface area (TPSA) is 84.1 Å². The molecule has 1 fully saturated rings. The lowest BCUT2D eigenvalue weighted by atomic mass is 9.83. The first kappa shape index (κ1) is 15.1. The van der Waals surface area contributed by atoms with Crippen molar-refractivity contribution in [3.63, 3.8) is 0 Å². The van der Waals surface area contributed by atoms with Gasteiger partial charge in [0.25, 0.3) is 5.91 Å². The van der Waals surface area contributed by atoms with Crippen LogP contribution in [0.3, 0.4) is 0 Å². The average molecular weight is 289 g/mol. The Morgan fingerprint density at radius 2 is 2.14 bits per heavy atom. The van der Waals surface area contributed by atoms with E-state index in [1.165, 1.54) is 0 Å². The monoisotopic (exact) mass is 289 g/mol. The second kappa shape index (κ2) is 6.44. The summed E-state index contributed by atoms with van der Waals surface area (Å²) in [5.41, 5.74) is -0.414. The van der Waals surface area contributed by atoms with Crippen LogP contribution in [0.1, 0.15) is 42.6 Å². The van der Waals surface area contributed by atoms with E-state index in [1.54, 1.807) is 29.9 Å². The van der Waals surface area contributed by atoms with E-state index in [9.17, 15) is 14.9 Å². The molecule has 0 saturated heterocycles. The highest BCUT2D eigenvalue weighted by atomic mass is 16.5. The highest BCUT2D eigenvalue weighted by Crippen LogP contribution is 2.27. The minimum Gasteiger partial charge on any atom is -0.451 e. The average Bonchev–Trinajstić information content (AvgIpc) is 2.92. The number of aromatic nitrogens is 1. The first-order valence-electron chi connectivity index (χ1n) is 7.07. The van der Waals surface area contributed by atoms with Crippen LogP contribution in [0.4, 0.5) is 0 Å². The molecular weight excluding hydrogens is 270 g/mol. The Hall–Kier alpha value is -2.29. The van der Waals surface area contributed by atoms with Crippen molar-refractivity contribution >= 4 is 11.9 Å². The summed E-state index contributed by atoms with van der Waals surface area (Å²) in [6.07, 6.45) is 5.97. The van der Waals surface area contributed by atoms with Gasteiger partial charge in [0.1, 0.15) is 11.2 Å². The summed E-state index contributed by atoms with van der Waals surface area (Å²) in [5, 5.41) is 12.0. The molecule has 0 bridgehead atoms. The van der Waals surface area contributed by atoms with Crippen LogP contribution in [0, 0.1) is 11.3 Å². The molecule has 1 heterocycles. The number of ether oxygens (including phenoxy) is 1. The van der Waals surface area contributed by atoms with Gasteiger partial charge in [0.2, 0.25) is 0 Å². The molecule has 1 aromatic rings. The first-order chi connectivity index (χ1) is 10.1. The van der Waals surface area contributed by atoms with Crippen molar-refractivity contribution in [1.29, 1.82) is 5.26 Å². The van der Waals surface area contributed by atoms with E-state index >= 15 is 0 Å². The van der Waals surface area contributed by atoms with Gasteiger partial charge in [-0.3, -0.25) is 4.79 Å². The summed E-state index contributed by atoms with van der Waals surface area (Å²) in [5.74, 6) is -0.978. The lowest BCUT2D eigenvalue weighted by Crippen LogP contribution is -2.50. The standard InChI is InChI=1S/C15H19N3O3/c1-18-9-5-6-12(18)14(20)21-10-13(19)17-15(11-16)7-3-2-4-8-15/h5-6,9H,2-4,7-8,10H2,1H3,(H,17,19). The minimum absolute atomic E-state index is 0.368. The minimum atomic E-state index is -0.799. The summed E-state index contributed by atoms with van der Waals surface area (Å²) in [4.78, 5) is 23.7. The molecule has 0 aromatic carbocycles. The lowest BCUT2D eigenvalue weighted by molar-refractivity contribution is -0.125. The second-order valence-electron chi connectivity index (χ2n) is 5.38. The number of carbonyl (C=O) groups is 2. The van der Waals surface area contributed by atoms with Gasteiger partial charge in [-0.2, -0.15) is 5.26 Å². The maximum Gasteiger partial charge on any atom is 0.355 e. The normalized spacial score (nSPS) is 16.8. The number of nitrogens with zero attached hydrogens (tertiary/aromatic N) is 2. The smallest absolute Gasteiger partial charge is 0.355 e. The molecule has 6 heteroatoms. The number of carbonyl (C=O) groups excluding carboxylic acids is 2. The van der Waals surface area contributed by atoms with Crippen molar-refractivity contribution in [2.24, 2.45) is 7.05 Å². The summed E-state index contributed by atoms with van der Waals surface area (Å²) in [7, 11) is 1.73. The Labute approximate surface area is 123 Å². The quantitative estimate of drug-likeness (QED) is 0.852. The molecule has 112 valence electrons. The maximum atomic E-state index is 11.9. The molecule has 1 aromatic heterocycles. The van der Waals surface area contributed by atoms with Crippen LogP contribution in [-0.4, -0.2) is 28.6 Å². The van der Waals surface area contributed by atoms with Gasteiger partial charge in [-0.25, -0.2) is 4.79 Å². The number of hydrogen-bond donors (Lipinski definition) is 1. The molecule has 1 aliphatic carbocycles. The predicted octanol–water partition coefficient (Wildman–Crippen LogP) is 1.52. The Morgan fingerprint density at radius 3 is 2.71 bits per heavy atom. The summed E-state index contributed by atoms with van der Waals surface area (Å²) in [6.45, 7) is -0.368. The molecule has 1 saturated carbocycles. The summed E-state index contributed by atoms with van der Waals surface area (Å²) < 4.78 is 6.60. The molecule has 0 spiro atoms. The van der Waals surface area contributed by atoms with E-state index in [0.29, 0.717) is 18.5 Å². The van der Waals surface area contributed by atoms with E-state index < -0.39 is 17.4 Å². The second-order valence-corrected chi connectivity index (χ2v) is 5.38. The third-order valence-corrected chi connectivity index (χ3v) is 3.79. The van der Waals surface area contributed by atoms with Crippen LogP contribution in [0.15, 0.2) is 18.3 Å². The van der Waals surface area contributed by atoms with E-state index in [-0.39, 0.29) is 6.61 Å². The molecule has 1 aliphatic rings. The zero-order valence-corrected chi connectivity index (χ0v) is 12.1. The number of nitriles is 1. The van der Waals surface area contributed by atoms with Crippen molar-refractivity contribution in [3.05, 3.63) is 24.0 Å². The number of aryl methyl sites for hydroxylation is 1. The van der Waals surface area contributed by atoms with Crippen molar-refractivity contribution in [2.75, 3.05) is 6.61 Å². The molecule has 1 N–H and O–H groups in total. The largest absolute Gasteiger partial charge is 0.451 e. The lowest BCUT2D eigenvalue weighted by Gasteiger charge is -2.31. The van der Waals surface area contributed by atoms with Crippen LogP contribution in [0.25, 0.3) is 0 Å². The highest BCUT2D eigenvalue weighted by molar-refractivity contribution is 5.90. The molecular formula is C15H19N3O3. The highest BCUT2D eigenvalue weighted by Gasteiger charge is 2.33. The van der Waals surface area contributed by atoms with Crippen LogP contribution in [-0.2, 0) is 16.6 Å². The SMILES string of the molecule is Cn1cccc1C(=O)OCC(=O)NC1(C#N)CCCCC1. The number of esters is 1. The van der Waals surface area contributed by atoms with Gasteiger partial charge >= 0.3 is 5.97 Å². The zero-order chi connectivity index (χ0) is 15.3. The van der Waals surface area contributed by atoms with E-state index in [1.807, 2.05) is 0 Å². The molecule has 0 aliphatic heterocycles. The Kier molecular flexibility index (Phi) is 4.63. The van der Waals surface area contributed by atoms with Gasteiger partial charge in [-0.15, -0.1) is 0 Å². The fraction of sp³-hybridized carbons (Fsp3) is 0.533. The number of nitrogens with one attached hydrogen (secondary N) is 1. The van der Waals surface area contributed by atoms with Gasteiger partial charge in [0.05, 0.1) is 6.07 Å². The van der Waals surface area contributed by atoms with Crippen LogP contribution in [0.2, 0.25) is 0 Å². The fourth-order valence-corrected chi connectivity index (χ4v) is 2.60. The molecule has 0 unspecified atom stereocenters. The fourth-order valence-electron chi connectivity index (χ4n) is 2.60. The Balaban J connectivity index is 1.86. The number of rotatable bonds is 4. The maximum absolute atomic E-state index is 11.9. The molecule has 0 radical (unpaired) electrons. The van der Waals surface area contributed by atoms with Gasteiger partial charge in [0, 0.05) is 13.2 Å². The van der Waals surface area contributed by atoms with Crippen molar-refractivity contribution in [3.8, 4) is 6.07 Å². The Bertz CT molecular complexity index is 565. The molecule has 6 nitrogen and oxygen atoms in total. The first-order valence-corrected chi connectivity index (χ1v) is 7.07. The molecule has 2 rings (SSSR count). The van der Waals surface area contributed by atoms with E-state index in [4.69, 9.17) is 4.74 Å². The van der Waals surface area contributed by atoms with E-state index in [2.05, 4.69) is 11.4 Å². The molecule has 0 atom stereocenters. The molecule has 1 amide bonds. The van der Waals surface area contributed by atoms with Crippen molar-refractivity contribution < 1.29 is 14.3 Å². The third-order valence-electron chi connectivity index (χ3n) is 3.79. The van der Waals surface area contributed by atoms with E-state index in [0.717, 1.165) is 19.3 Å². The number of amides is 1. The molecule has 21 heavy (non-hydrogen) atoms. The number of hydrogen-bond acceptors (Lipinski definition) is 4. The van der Waals surface area contributed by atoms with Crippen molar-refractivity contribution in [2.45, 2.75) is 37.6 Å². The van der Waals surface area contributed by atoms with Crippen LogP contribution >= 0.6 is 0 Å². The predicted molar refractivity (Wildman–Crippen MR) is 75.3 cm³/mol. The van der Waals surface area contributed by atoms with Gasteiger partial charge in [-0.1, -0.05) is 19.3 Å². The van der Waals surface area contributed by atoms with Crippen LogP contribution in [0.5, 0.6) is 0 Å². The van der Waals surface area contributed by atoms with Crippen molar-refractivity contribution in [1.82, 2.24) is 9.88 Å². The zero-order valence-electron chi connectivity index (χ0n) is 12.1. The summed E-state index contributed by atoms with van der Waals surface area (Å²) >= 11 is 0.